The number of pyridine rings is 1. The number of rotatable bonds is 7. The third kappa shape index (κ3) is 4.53. The standard InChI is InChI=1S/C24H25N7O2S/c1-13-14(2)34-23(21(13)22(25)17-5-7-19(8-6-17)28-16(4)32)31-15(3)29-30-24(31)27-12-18-11-26-10-9-20(18)33/h5-11,25H,12H2,1-4H3,(H,26,33)(H,27,30)(H,28,32). The second-order valence-electron chi connectivity index (χ2n) is 7.86. The van der Waals surface area contributed by atoms with E-state index in [0.717, 1.165) is 26.6 Å². The maximum Gasteiger partial charge on any atom is 0.230 e. The van der Waals surface area contributed by atoms with Crippen LogP contribution in [0.25, 0.3) is 5.00 Å². The van der Waals surface area contributed by atoms with Crippen molar-refractivity contribution in [3.8, 4) is 10.8 Å². The van der Waals surface area contributed by atoms with Gasteiger partial charge in [0.15, 0.2) is 0 Å². The fraction of sp³-hybridized carbons (Fsp3) is 0.208. The monoisotopic (exact) mass is 475 g/mol. The zero-order chi connectivity index (χ0) is 24.4. The number of aromatic nitrogens is 4. The van der Waals surface area contributed by atoms with E-state index in [1.54, 1.807) is 29.7 Å². The molecule has 0 spiro atoms. The number of aryl methyl sites for hydroxylation is 2. The summed E-state index contributed by atoms with van der Waals surface area (Å²) in [6.45, 7) is 7.67. The molecule has 0 aliphatic heterocycles. The number of thiophene rings is 1. The molecule has 1 amide bonds. The molecule has 0 radical (unpaired) electrons. The first-order chi connectivity index (χ1) is 16.3. The van der Waals surface area contributed by atoms with E-state index >= 15 is 0 Å². The summed E-state index contributed by atoms with van der Waals surface area (Å²) in [6, 6.07) is 8.77. The molecule has 3 aromatic heterocycles. The summed E-state index contributed by atoms with van der Waals surface area (Å²) < 4.78 is 1.90. The predicted molar refractivity (Wildman–Crippen MR) is 133 cm³/mol. The quantitative estimate of drug-likeness (QED) is 0.294. The smallest absolute Gasteiger partial charge is 0.230 e. The SMILES string of the molecule is CC(=O)Nc1ccc(C(=N)c2c(-n3c(C)nnc3NCc3cnccc3O)sc(C)c2C)cc1. The Morgan fingerprint density at radius 3 is 2.56 bits per heavy atom. The third-order valence-corrected chi connectivity index (χ3v) is 6.65. The van der Waals surface area contributed by atoms with Gasteiger partial charge in [-0.05, 0) is 44.5 Å². The summed E-state index contributed by atoms with van der Waals surface area (Å²) in [6.07, 6.45) is 3.13. The first-order valence-electron chi connectivity index (χ1n) is 10.6. The highest BCUT2D eigenvalue weighted by molar-refractivity contribution is 7.15. The zero-order valence-electron chi connectivity index (χ0n) is 19.3. The van der Waals surface area contributed by atoms with E-state index in [0.29, 0.717) is 35.3 Å². The van der Waals surface area contributed by atoms with Crippen LogP contribution in [-0.4, -0.2) is 36.5 Å². The van der Waals surface area contributed by atoms with Crippen LogP contribution < -0.4 is 10.6 Å². The van der Waals surface area contributed by atoms with E-state index in [1.807, 2.05) is 37.5 Å². The van der Waals surface area contributed by atoms with Crippen molar-refractivity contribution >= 4 is 34.6 Å². The maximum absolute atomic E-state index is 11.3. The summed E-state index contributed by atoms with van der Waals surface area (Å²) in [7, 11) is 0. The molecule has 9 nitrogen and oxygen atoms in total. The van der Waals surface area contributed by atoms with Gasteiger partial charge in [-0.3, -0.25) is 19.8 Å². The van der Waals surface area contributed by atoms with E-state index < -0.39 is 0 Å². The van der Waals surface area contributed by atoms with Gasteiger partial charge in [-0.2, -0.15) is 0 Å². The lowest BCUT2D eigenvalue weighted by molar-refractivity contribution is -0.114. The van der Waals surface area contributed by atoms with Crippen molar-refractivity contribution in [1.29, 1.82) is 5.41 Å². The first-order valence-corrected chi connectivity index (χ1v) is 11.4. The minimum absolute atomic E-state index is 0.142. The molecule has 0 aliphatic rings. The number of carbonyl (C=O) groups is 1. The van der Waals surface area contributed by atoms with Gasteiger partial charge in [0.05, 0.1) is 5.71 Å². The first kappa shape index (κ1) is 23.1. The molecule has 10 heteroatoms. The molecular weight excluding hydrogens is 450 g/mol. The number of carbonyl (C=O) groups excluding carboxylic acids is 1. The largest absolute Gasteiger partial charge is 0.507 e. The molecule has 0 bridgehead atoms. The molecule has 34 heavy (non-hydrogen) atoms. The topological polar surface area (TPSA) is 129 Å². The molecule has 174 valence electrons. The lowest BCUT2D eigenvalue weighted by atomic mass is 10.00. The van der Waals surface area contributed by atoms with Crippen molar-refractivity contribution in [1.82, 2.24) is 19.7 Å². The van der Waals surface area contributed by atoms with Crippen LogP contribution in [0.1, 0.15) is 39.9 Å². The summed E-state index contributed by atoms with van der Waals surface area (Å²) >= 11 is 1.57. The van der Waals surface area contributed by atoms with Gasteiger partial charge in [0.2, 0.25) is 11.9 Å². The molecule has 4 rings (SSSR count). The number of amides is 1. The van der Waals surface area contributed by atoms with Crippen LogP contribution >= 0.6 is 11.3 Å². The van der Waals surface area contributed by atoms with E-state index in [-0.39, 0.29) is 11.7 Å². The van der Waals surface area contributed by atoms with Gasteiger partial charge < -0.3 is 15.7 Å². The second-order valence-corrected chi connectivity index (χ2v) is 9.06. The van der Waals surface area contributed by atoms with Crippen LogP contribution in [0.5, 0.6) is 5.75 Å². The van der Waals surface area contributed by atoms with Crippen LogP contribution in [0.3, 0.4) is 0 Å². The molecule has 0 saturated carbocycles. The summed E-state index contributed by atoms with van der Waals surface area (Å²) in [4.78, 5) is 16.5. The van der Waals surface area contributed by atoms with Crippen LogP contribution in [0.2, 0.25) is 0 Å². The number of nitrogens with zero attached hydrogens (tertiary/aromatic N) is 4. The fourth-order valence-corrected chi connectivity index (χ4v) is 4.79. The maximum atomic E-state index is 11.3. The van der Waals surface area contributed by atoms with Gasteiger partial charge in [-0.15, -0.1) is 21.5 Å². The van der Waals surface area contributed by atoms with Crippen LogP contribution in [-0.2, 0) is 11.3 Å². The highest BCUT2D eigenvalue weighted by Crippen LogP contribution is 2.35. The van der Waals surface area contributed by atoms with Gasteiger partial charge in [0.1, 0.15) is 16.6 Å². The number of hydrogen-bond donors (Lipinski definition) is 4. The van der Waals surface area contributed by atoms with Crippen LogP contribution in [0.15, 0.2) is 42.7 Å². The Hall–Kier alpha value is -4.05. The number of hydrogen-bond acceptors (Lipinski definition) is 8. The number of nitrogens with one attached hydrogen (secondary N) is 3. The summed E-state index contributed by atoms with van der Waals surface area (Å²) in [5.41, 5.74) is 4.24. The van der Waals surface area contributed by atoms with E-state index in [9.17, 15) is 9.90 Å². The Bertz CT molecular complexity index is 1370. The molecule has 0 saturated heterocycles. The third-order valence-electron chi connectivity index (χ3n) is 5.45. The number of benzene rings is 1. The Kier molecular flexibility index (Phi) is 6.42. The Labute approximate surface area is 201 Å². The minimum atomic E-state index is -0.142. The number of anilines is 2. The van der Waals surface area contributed by atoms with Crippen LogP contribution in [0.4, 0.5) is 11.6 Å². The molecule has 4 aromatic rings. The minimum Gasteiger partial charge on any atom is -0.507 e. The highest BCUT2D eigenvalue weighted by atomic mass is 32.1. The highest BCUT2D eigenvalue weighted by Gasteiger charge is 2.23. The van der Waals surface area contributed by atoms with Crippen molar-refractivity contribution in [3.63, 3.8) is 0 Å². The molecule has 0 fully saturated rings. The summed E-state index contributed by atoms with van der Waals surface area (Å²) in [5.74, 6) is 1.20. The van der Waals surface area contributed by atoms with Crippen molar-refractivity contribution < 1.29 is 9.90 Å². The predicted octanol–water partition coefficient (Wildman–Crippen LogP) is 4.34. The molecule has 4 N–H and O–H groups in total. The molecular formula is C24H25N7O2S. The van der Waals surface area contributed by atoms with Crippen molar-refractivity contribution in [2.75, 3.05) is 10.6 Å². The van der Waals surface area contributed by atoms with Gasteiger partial charge in [-0.25, -0.2) is 0 Å². The Balaban J connectivity index is 1.70. The number of aromatic hydroxyl groups is 1. The molecule has 1 aromatic carbocycles. The normalized spacial score (nSPS) is 10.8. The van der Waals surface area contributed by atoms with Crippen molar-refractivity contribution in [3.05, 3.63) is 75.7 Å². The average molecular weight is 476 g/mol. The van der Waals surface area contributed by atoms with Gasteiger partial charge in [-0.1, -0.05) is 12.1 Å². The van der Waals surface area contributed by atoms with Gasteiger partial charge in [0.25, 0.3) is 0 Å². The van der Waals surface area contributed by atoms with Gasteiger partial charge >= 0.3 is 0 Å². The lowest BCUT2D eigenvalue weighted by Crippen LogP contribution is -2.11. The van der Waals surface area contributed by atoms with Crippen molar-refractivity contribution in [2.24, 2.45) is 0 Å². The zero-order valence-corrected chi connectivity index (χ0v) is 20.1. The van der Waals surface area contributed by atoms with Gasteiger partial charge in [0, 0.05) is 53.1 Å². The van der Waals surface area contributed by atoms with Crippen LogP contribution in [0, 0.1) is 26.2 Å². The Morgan fingerprint density at radius 1 is 1.15 bits per heavy atom. The fourth-order valence-electron chi connectivity index (χ4n) is 3.58. The average Bonchev–Trinajstić information content (AvgIpc) is 3.31. The molecule has 0 aliphatic carbocycles. The summed E-state index contributed by atoms with van der Waals surface area (Å²) in [5, 5.41) is 34.4. The van der Waals surface area contributed by atoms with Crippen molar-refractivity contribution in [2.45, 2.75) is 34.2 Å². The molecule has 0 atom stereocenters. The van der Waals surface area contributed by atoms with E-state index in [4.69, 9.17) is 5.41 Å². The molecule has 3 heterocycles. The lowest BCUT2D eigenvalue weighted by Gasteiger charge is -2.13. The van der Waals surface area contributed by atoms with E-state index in [2.05, 4.69) is 25.8 Å². The molecule has 0 unspecified atom stereocenters. The Morgan fingerprint density at radius 2 is 1.88 bits per heavy atom. The van der Waals surface area contributed by atoms with E-state index in [1.165, 1.54) is 19.2 Å². The second kappa shape index (κ2) is 9.44.